The fourth-order valence-corrected chi connectivity index (χ4v) is 5.47. The maximum absolute atomic E-state index is 12.9. The molecule has 0 radical (unpaired) electrons. The third-order valence-corrected chi connectivity index (χ3v) is 7.63. The first-order valence-corrected chi connectivity index (χ1v) is 14.4. The van der Waals surface area contributed by atoms with Gasteiger partial charge in [-0.15, -0.1) is 0 Å². The summed E-state index contributed by atoms with van der Waals surface area (Å²) in [6.07, 6.45) is 5.17. The first-order chi connectivity index (χ1) is 20.4. The minimum atomic E-state index is -0.120. The highest BCUT2D eigenvalue weighted by Gasteiger charge is 2.27. The predicted octanol–water partition coefficient (Wildman–Crippen LogP) is 5.78. The van der Waals surface area contributed by atoms with E-state index in [1.807, 2.05) is 36.5 Å². The highest BCUT2D eigenvalue weighted by atomic mass is 16.5. The number of unbranched alkanes of at least 4 members (excludes halogenated alkanes) is 1. The first kappa shape index (κ1) is 29.1. The summed E-state index contributed by atoms with van der Waals surface area (Å²) in [6.45, 7) is 1.93. The fourth-order valence-electron chi connectivity index (χ4n) is 5.47. The van der Waals surface area contributed by atoms with E-state index < -0.39 is 0 Å². The molecule has 0 aliphatic heterocycles. The van der Waals surface area contributed by atoms with Gasteiger partial charge in [-0.1, -0.05) is 36.4 Å². The van der Waals surface area contributed by atoms with Crippen LogP contribution in [0, 0.1) is 0 Å². The van der Waals surface area contributed by atoms with E-state index in [-0.39, 0.29) is 18.2 Å². The minimum absolute atomic E-state index is 0.120. The van der Waals surface area contributed by atoms with Crippen molar-refractivity contribution in [3.63, 3.8) is 0 Å². The number of amides is 1. The molecule has 1 unspecified atom stereocenters. The summed E-state index contributed by atoms with van der Waals surface area (Å²) in [7, 11) is 7.40. The van der Waals surface area contributed by atoms with E-state index in [4.69, 9.17) is 14.5 Å². The lowest BCUT2D eigenvalue weighted by Gasteiger charge is -2.27. The Morgan fingerprint density at radius 3 is 2.57 bits per heavy atom. The number of benzene rings is 3. The molecule has 2 N–H and O–H groups in total. The second-order valence-electron chi connectivity index (χ2n) is 10.9. The molecule has 218 valence electrons. The van der Waals surface area contributed by atoms with Crippen molar-refractivity contribution in [1.29, 1.82) is 0 Å². The number of carbonyl (C=O) groups is 1. The van der Waals surface area contributed by atoms with Crippen molar-refractivity contribution in [2.45, 2.75) is 31.6 Å². The number of ether oxygens (including phenoxy) is 2. The largest absolute Gasteiger partial charge is 0.497 e. The van der Waals surface area contributed by atoms with Crippen LogP contribution in [0.4, 0.5) is 11.6 Å². The van der Waals surface area contributed by atoms with Crippen LogP contribution < -0.4 is 20.1 Å². The summed E-state index contributed by atoms with van der Waals surface area (Å²) in [5.41, 5.74) is 7.25. The van der Waals surface area contributed by atoms with E-state index in [1.165, 1.54) is 11.1 Å². The van der Waals surface area contributed by atoms with Crippen LogP contribution in [0.2, 0.25) is 0 Å². The number of anilines is 2. The summed E-state index contributed by atoms with van der Waals surface area (Å²) < 4.78 is 10.7. The van der Waals surface area contributed by atoms with Gasteiger partial charge >= 0.3 is 0 Å². The SMILES string of the molecule is COc1ccc(OC)c(CC(=O)Nc2ccc(C3Cc4cnc(NCCCCN(C)C)nc4-c4ccccc43)cc2)c1. The van der Waals surface area contributed by atoms with Crippen molar-refractivity contribution in [3.8, 4) is 22.8 Å². The molecule has 0 fully saturated rings. The second-order valence-corrected chi connectivity index (χ2v) is 10.9. The lowest BCUT2D eigenvalue weighted by Crippen LogP contribution is -2.17. The quantitative estimate of drug-likeness (QED) is 0.210. The van der Waals surface area contributed by atoms with Gasteiger partial charge in [-0.2, -0.15) is 0 Å². The highest BCUT2D eigenvalue weighted by Crippen LogP contribution is 2.42. The van der Waals surface area contributed by atoms with Crippen molar-refractivity contribution in [2.75, 3.05) is 52.0 Å². The van der Waals surface area contributed by atoms with Crippen LogP contribution >= 0.6 is 0 Å². The van der Waals surface area contributed by atoms with Crippen molar-refractivity contribution < 1.29 is 14.3 Å². The normalized spacial score (nSPS) is 13.7. The average molecular weight is 566 g/mol. The van der Waals surface area contributed by atoms with Gasteiger partial charge in [0.25, 0.3) is 0 Å². The maximum Gasteiger partial charge on any atom is 0.228 e. The van der Waals surface area contributed by atoms with E-state index in [2.05, 4.69) is 71.0 Å². The molecule has 1 atom stereocenters. The summed E-state index contributed by atoms with van der Waals surface area (Å²) in [4.78, 5) is 24.6. The Morgan fingerprint density at radius 1 is 1.00 bits per heavy atom. The van der Waals surface area contributed by atoms with Crippen LogP contribution in [0.5, 0.6) is 11.5 Å². The topological polar surface area (TPSA) is 88.6 Å². The van der Waals surface area contributed by atoms with Gasteiger partial charge in [0.1, 0.15) is 11.5 Å². The molecule has 42 heavy (non-hydrogen) atoms. The molecule has 4 aromatic rings. The average Bonchev–Trinajstić information content (AvgIpc) is 3.00. The number of nitrogens with one attached hydrogen (secondary N) is 2. The molecule has 1 aliphatic rings. The monoisotopic (exact) mass is 565 g/mol. The first-order valence-electron chi connectivity index (χ1n) is 14.4. The maximum atomic E-state index is 12.9. The Hall–Kier alpha value is -4.43. The number of carbonyl (C=O) groups excluding carboxylic acids is 1. The summed E-state index contributed by atoms with van der Waals surface area (Å²) in [6, 6.07) is 22.1. The molecule has 1 aliphatic carbocycles. The van der Waals surface area contributed by atoms with Crippen LogP contribution in [0.25, 0.3) is 11.3 Å². The Morgan fingerprint density at radius 2 is 1.81 bits per heavy atom. The molecule has 0 saturated carbocycles. The zero-order chi connectivity index (χ0) is 29.5. The summed E-state index contributed by atoms with van der Waals surface area (Å²) >= 11 is 0. The van der Waals surface area contributed by atoms with Crippen LogP contribution in [0.15, 0.2) is 72.9 Å². The predicted molar refractivity (Wildman–Crippen MR) is 168 cm³/mol. The fraction of sp³-hybridized carbons (Fsp3) is 0.324. The Balaban J connectivity index is 1.27. The van der Waals surface area contributed by atoms with Gasteiger partial charge in [-0.05, 0) is 86.9 Å². The zero-order valence-electron chi connectivity index (χ0n) is 24.8. The third-order valence-electron chi connectivity index (χ3n) is 7.63. The Bertz CT molecular complexity index is 1520. The number of methoxy groups -OCH3 is 2. The molecule has 5 rings (SSSR count). The van der Waals surface area contributed by atoms with Crippen molar-refractivity contribution in [2.24, 2.45) is 0 Å². The number of nitrogens with zero attached hydrogens (tertiary/aromatic N) is 3. The van der Waals surface area contributed by atoms with Crippen LogP contribution in [-0.2, 0) is 17.6 Å². The van der Waals surface area contributed by atoms with E-state index in [1.54, 1.807) is 14.2 Å². The summed E-state index contributed by atoms with van der Waals surface area (Å²) in [5.74, 6) is 2.08. The van der Waals surface area contributed by atoms with Gasteiger partial charge in [0.2, 0.25) is 11.9 Å². The molecule has 8 heteroatoms. The summed E-state index contributed by atoms with van der Waals surface area (Å²) in [5, 5.41) is 6.42. The van der Waals surface area contributed by atoms with E-state index in [0.717, 1.165) is 60.4 Å². The second kappa shape index (κ2) is 13.5. The van der Waals surface area contributed by atoms with Gasteiger partial charge in [0.15, 0.2) is 0 Å². The minimum Gasteiger partial charge on any atom is -0.497 e. The van der Waals surface area contributed by atoms with Crippen molar-refractivity contribution in [3.05, 3.63) is 95.2 Å². The van der Waals surface area contributed by atoms with Crippen molar-refractivity contribution >= 4 is 17.5 Å². The number of aromatic nitrogens is 2. The number of hydrogen-bond donors (Lipinski definition) is 2. The van der Waals surface area contributed by atoms with Gasteiger partial charge < -0.3 is 25.0 Å². The van der Waals surface area contributed by atoms with Crippen LogP contribution in [0.3, 0.4) is 0 Å². The number of rotatable bonds is 12. The van der Waals surface area contributed by atoms with Crippen LogP contribution in [-0.4, -0.2) is 62.2 Å². The molecule has 0 spiro atoms. The lowest BCUT2D eigenvalue weighted by atomic mass is 9.78. The van der Waals surface area contributed by atoms with E-state index >= 15 is 0 Å². The van der Waals surface area contributed by atoms with Gasteiger partial charge in [-0.3, -0.25) is 4.79 Å². The van der Waals surface area contributed by atoms with E-state index in [9.17, 15) is 4.79 Å². The highest BCUT2D eigenvalue weighted by molar-refractivity contribution is 5.92. The molecule has 8 nitrogen and oxygen atoms in total. The smallest absolute Gasteiger partial charge is 0.228 e. The molecule has 1 aromatic heterocycles. The van der Waals surface area contributed by atoms with E-state index in [0.29, 0.717) is 17.4 Å². The molecule has 1 heterocycles. The molecule has 0 bridgehead atoms. The van der Waals surface area contributed by atoms with Crippen molar-refractivity contribution in [1.82, 2.24) is 14.9 Å². The van der Waals surface area contributed by atoms with Gasteiger partial charge in [0, 0.05) is 35.5 Å². The number of hydrogen-bond acceptors (Lipinski definition) is 7. The molecular formula is C34H39N5O3. The Labute approximate surface area is 248 Å². The number of fused-ring (bicyclic) bond motifs is 3. The third kappa shape index (κ3) is 6.89. The Kier molecular flexibility index (Phi) is 9.34. The van der Waals surface area contributed by atoms with Gasteiger partial charge in [0.05, 0.1) is 26.3 Å². The lowest BCUT2D eigenvalue weighted by molar-refractivity contribution is -0.115. The molecule has 0 saturated heterocycles. The van der Waals surface area contributed by atoms with Crippen LogP contribution in [0.1, 0.15) is 41.0 Å². The molecule has 1 amide bonds. The molecule has 3 aromatic carbocycles. The van der Waals surface area contributed by atoms with Gasteiger partial charge in [-0.25, -0.2) is 9.97 Å². The molecular weight excluding hydrogens is 526 g/mol. The zero-order valence-corrected chi connectivity index (χ0v) is 24.8. The standard InChI is InChI=1S/C34H39N5O3/c1-39(2)18-8-7-17-35-34-36-22-25-20-30(28-9-5-6-10-29(28)33(25)38-34)23-11-13-26(14-12-23)37-32(40)21-24-19-27(41-3)15-16-31(24)42-4/h5-6,9-16,19,22,30H,7-8,17-18,20-21H2,1-4H3,(H,37,40)(H,35,36,38).